The van der Waals surface area contributed by atoms with Crippen LogP contribution in [-0.2, 0) is 6.61 Å². The number of carbonyl (C=O) groups excluding carboxylic acids is 1. The first-order chi connectivity index (χ1) is 12.6. The van der Waals surface area contributed by atoms with E-state index in [2.05, 4.69) is 5.10 Å². The number of hydrogen-bond acceptors (Lipinski definition) is 5. The highest BCUT2D eigenvalue weighted by atomic mass is 35.5. The van der Waals surface area contributed by atoms with E-state index in [0.29, 0.717) is 22.2 Å². The van der Waals surface area contributed by atoms with Crippen molar-refractivity contribution in [2.45, 2.75) is 6.61 Å². The zero-order chi connectivity index (χ0) is 18.5. The Bertz CT molecular complexity index is 896. The number of ether oxygens (including phenoxy) is 1. The SMILES string of the molecule is NNC(=O)N(N)c1ccccc1COc1ccn(-c2ccc(Cl)cc2)n1. The van der Waals surface area contributed by atoms with E-state index in [1.54, 1.807) is 47.3 Å². The number of amides is 2. The van der Waals surface area contributed by atoms with E-state index < -0.39 is 6.03 Å². The molecule has 5 N–H and O–H groups in total. The van der Waals surface area contributed by atoms with Crippen LogP contribution >= 0.6 is 11.6 Å². The minimum atomic E-state index is -0.635. The third kappa shape index (κ3) is 3.94. The molecule has 1 heterocycles. The summed E-state index contributed by atoms with van der Waals surface area (Å²) in [4.78, 5) is 11.6. The van der Waals surface area contributed by atoms with Gasteiger partial charge in [0, 0.05) is 22.8 Å². The van der Waals surface area contributed by atoms with Crippen LogP contribution in [0.25, 0.3) is 5.69 Å². The van der Waals surface area contributed by atoms with Crippen molar-refractivity contribution in [3.8, 4) is 11.6 Å². The van der Waals surface area contributed by atoms with Crippen molar-refractivity contribution in [1.82, 2.24) is 15.2 Å². The molecule has 2 aromatic carbocycles. The fourth-order valence-electron chi connectivity index (χ4n) is 2.32. The Morgan fingerprint density at radius 2 is 1.92 bits per heavy atom. The summed E-state index contributed by atoms with van der Waals surface area (Å²) in [5, 5.41) is 5.93. The van der Waals surface area contributed by atoms with Gasteiger partial charge in [-0.2, -0.15) is 0 Å². The molecule has 0 atom stereocenters. The lowest BCUT2D eigenvalue weighted by Gasteiger charge is -2.19. The number of benzene rings is 2. The van der Waals surface area contributed by atoms with Gasteiger partial charge in [0.15, 0.2) is 0 Å². The molecule has 0 saturated carbocycles. The number of nitrogens with zero attached hydrogens (tertiary/aromatic N) is 3. The number of nitrogens with two attached hydrogens (primary N) is 2. The average Bonchev–Trinajstić information content (AvgIpc) is 3.15. The Hall–Kier alpha value is -3.07. The molecule has 0 aliphatic heterocycles. The minimum Gasteiger partial charge on any atom is -0.472 e. The lowest BCUT2D eigenvalue weighted by atomic mass is 10.2. The first-order valence-corrected chi connectivity index (χ1v) is 8.04. The van der Waals surface area contributed by atoms with E-state index in [1.807, 2.05) is 23.6 Å². The summed E-state index contributed by atoms with van der Waals surface area (Å²) >= 11 is 5.89. The molecule has 26 heavy (non-hydrogen) atoms. The summed E-state index contributed by atoms with van der Waals surface area (Å²) in [5.74, 6) is 11.3. The molecule has 8 nitrogen and oxygen atoms in total. The Morgan fingerprint density at radius 3 is 2.65 bits per heavy atom. The second kappa shape index (κ2) is 7.87. The molecular formula is C17H17ClN6O2. The fourth-order valence-corrected chi connectivity index (χ4v) is 2.45. The molecule has 0 spiro atoms. The number of carbonyl (C=O) groups is 1. The smallest absolute Gasteiger partial charge is 0.350 e. The highest BCUT2D eigenvalue weighted by Crippen LogP contribution is 2.21. The number of hydrogen-bond donors (Lipinski definition) is 3. The van der Waals surface area contributed by atoms with Gasteiger partial charge in [-0.1, -0.05) is 29.8 Å². The summed E-state index contributed by atoms with van der Waals surface area (Å²) in [6.07, 6.45) is 1.78. The van der Waals surface area contributed by atoms with E-state index in [9.17, 15) is 4.79 Å². The van der Waals surface area contributed by atoms with Gasteiger partial charge in [0.1, 0.15) is 6.61 Å². The number of para-hydroxylation sites is 1. The van der Waals surface area contributed by atoms with Gasteiger partial charge < -0.3 is 4.74 Å². The van der Waals surface area contributed by atoms with Crippen LogP contribution in [0.1, 0.15) is 5.56 Å². The van der Waals surface area contributed by atoms with Gasteiger partial charge in [-0.15, -0.1) is 5.10 Å². The molecule has 2 amide bonds. The van der Waals surface area contributed by atoms with Crippen LogP contribution in [0, 0.1) is 0 Å². The molecule has 0 saturated heterocycles. The predicted molar refractivity (Wildman–Crippen MR) is 98.7 cm³/mol. The second-order valence-corrected chi connectivity index (χ2v) is 5.75. The molecule has 3 rings (SSSR count). The van der Waals surface area contributed by atoms with Crippen LogP contribution in [0.3, 0.4) is 0 Å². The van der Waals surface area contributed by atoms with Gasteiger partial charge in [-0.25, -0.2) is 26.2 Å². The molecule has 0 aliphatic rings. The van der Waals surface area contributed by atoms with Crippen molar-refractivity contribution in [2.75, 3.05) is 5.01 Å². The molecule has 1 aromatic heterocycles. The molecular weight excluding hydrogens is 356 g/mol. The quantitative estimate of drug-likeness (QED) is 0.361. The van der Waals surface area contributed by atoms with Crippen molar-refractivity contribution < 1.29 is 9.53 Å². The third-order valence-corrected chi connectivity index (χ3v) is 3.88. The molecule has 9 heteroatoms. The van der Waals surface area contributed by atoms with Crippen LogP contribution in [-0.4, -0.2) is 15.8 Å². The molecule has 3 aromatic rings. The summed E-state index contributed by atoms with van der Waals surface area (Å²) in [6.45, 7) is 0.180. The first-order valence-electron chi connectivity index (χ1n) is 7.66. The zero-order valence-electron chi connectivity index (χ0n) is 13.7. The number of urea groups is 1. The Kier molecular flexibility index (Phi) is 5.37. The zero-order valence-corrected chi connectivity index (χ0v) is 14.4. The van der Waals surface area contributed by atoms with Crippen LogP contribution in [0.15, 0.2) is 60.8 Å². The van der Waals surface area contributed by atoms with E-state index >= 15 is 0 Å². The van der Waals surface area contributed by atoms with E-state index in [4.69, 9.17) is 28.0 Å². The number of anilines is 1. The molecule has 134 valence electrons. The maximum atomic E-state index is 11.6. The molecule has 0 aliphatic carbocycles. The van der Waals surface area contributed by atoms with Crippen molar-refractivity contribution in [3.05, 3.63) is 71.4 Å². The summed E-state index contributed by atoms with van der Waals surface area (Å²) < 4.78 is 7.39. The topological polar surface area (TPSA) is 111 Å². The number of aromatic nitrogens is 2. The Balaban J connectivity index is 1.72. The summed E-state index contributed by atoms with van der Waals surface area (Å²) in [5.41, 5.74) is 4.03. The van der Waals surface area contributed by atoms with Gasteiger partial charge in [0.25, 0.3) is 0 Å². The first kappa shape index (κ1) is 17.7. The number of nitrogens with one attached hydrogen (secondary N) is 1. The van der Waals surface area contributed by atoms with Crippen molar-refractivity contribution >= 4 is 23.3 Å². The van der Waals surface area contributed by atoms with Crippen molar-refractivity contribution in [2.24, 2.45) is 11.7 Å². The fraction of sp³-hybridized carbons (Fsp3) is 0.0588. The molecule has 0 radical (unpaired) electrons. The lowest BCUT2D eigenvalue weighted by Crippen LogP contribution is -2.48. The molecule has 0 bridgehead atoms. The van der Waals surface area contributed by atoms with Crippen molar-refractivity contribution in [3.63, 3.8) is 0 Å². The third-order valence-electron chi connectivity index (χ3n) is 3.62. The van der Waals surface area contributed by atoms with E-state index in [-0.39, 0.29) is 6.61 Å². The lowest BCUT2D eigenvalue weighted by molar-refractivity contribution is 0.246. The van der Waals surface area contributed by atoms with Crippen molar-refractivity contribution in [1.29, 1.82) is 0 Å². The highest BCUT2D eigenvalue weighted by Gasteiger charge is 2.14. The average molecular weight is 373 g/mol. The number of rotatable bonds is 5. The number of halogens is 1. The van der Waals surface area contributed by atoms with Gasteiger partial charge in [-0.05, 0) is 30.3 Å². The summed E-state index contributed by atoms with van der Waals surface area (Å²) in [7, 11) is 0. The van der Waals surface area contributed by atoms with Crippen LogP contribution in [0.2, 0.25) is 5.02 Å². The minimum absolute atomic E-state index is 0.180. The highest BCUT2D eigenvalue weighted by molar-refractivity contribution is 6.30. The largest absolute Gasteiger partial charge is 0.472 e. The Labute approximate surface area is 154 Å². The summed E-state index contributed by atoms with van der Waals surface area (Å²) in [6, 6.07) is 15.5. The second-order valence-electron chi connectivity index (χ2n) is 5.31. The van der Waals surface area contributed by atoms with Crippen LogP contribution in [0.4, 0.5) is 10.5 Å². The maximum Gasteiger partial charge on any atom is 0.350 e. The number of hydrazine groups is 2. The molecule has 0 unspecified atom stereocenters. The normalized spacial score (nSPS) is 10.4. The Morgan fingerprint density at radius 1 is 1.19 bits per heavy atom. The monoisotopic (exact) mass is 372 g/mol. The van der Waals surface area contributed by atoms with E-state index in [1.165, 1.54) is 0 Å². The predicted octanol–water partition coefficient (Wildman–Crippen LogP) is 2.37. The standard InChI is InChI=1S/C17H17ClN6O2/c18-13-5-7-14(8-6-13)23-10-9-16(22-23)26-11-12-3-1-2-4-15(12)24(20)17(25)21-19/h1-10H,11,19-20H2,(H,21,25). The van der Waals surface area contributed by atoms with Crippen LogP contribution in [0.5, 0.6) is 5.88 Å². The van der Waals surface area contributed by atoms with Gasteiger partial charge in [-0.3, -0.25) is 5.43 Å². The molecule has 0 fully saturated rings. The van der Waals surface area contributed by atoms with Gasteiger partial charge >= 0.3 is 6.03 Å². The van der Waals surface area contributed by atoms with Crippen LogP contribution < -0.4 is 26.9 Å². The van der Waals surface area contributed by atoms with Gasteiger partial charge in [0.05, 0.1) is 11.4 Å². The van der Waals surface area contributed by atoms with E-state index in [0.717, 1.165) is 10.7 Å². The maximum absolute atomic E-state index is 11.6. The van der Waals surface area contributed by atoms with Gasteiger partial charge in [0.2, 0.25) is 5.88 Å².